The van der Waals surface area contributed by atoms with Gasteiger partial charge in [-0.05, 0) is 57.8 Å². The minimum absolute atomic E-state index is 0.0354. The van der Waals surface area contributed by atoms with E-state index in [1.54, 1.807) is 0 Å². The second-order valence-electron chi connectivity index (χ2n) is 14.3. The van der Waals surface area contributed by atoms with Gasteiger partial charge in [-0.2, -0.15) is 0 Å². The molecule has 3 unspecified atom stereocenters. The first-order valence-electron chi connectivity index (χ1n) is 21.8. The van der Waals surface area contributed by atoms with Crippen molar-refractivity contribution in [3.8, 4) is 0 Å². The van der Waals surface area contributed by atoms with Gasteiger partial charge in [0.05, 0.1) is 26.4 Å². The molecule has 0 rings (SSSR count). The lowest BCUT2D eigenvalue weighted by Gasteiger charge is -2.20. The van der Waals surface area contributed by atoms with E-state index >= 15 is 0 Å². The van der Waals surface area contributed by atoms with Crippen molar-refractivity contribution < 1.29 is 43.0 Å². The van der Waals surface area contributed by atoms with Gasteiger partial charge >= 0.3 is 13.8 Å². The first kappa shape index (κ1) is 53.2. The second-order valence-corrected chi connectivity index (χ2v) is 15.8. The van der Waals surface area contributed by atoms with E-state index in [0.29, 0.717) is 13.0 Å². The molecule has 0 aromatic carbocycles. The number of phosphoric acid groups is 1. The Kier molecular flexibility index (Phi) is 40.4. The lowest BCUT2D eigenvalue weighted by Crippen LogP contribution is -2.29. The summed E-state index contributed by atoms with van der Waals surface area (Å²) < 4.78 is 33.3. The van der Waals surface area contributed by atoms with Crippen LogP contribution in [0.3, 0.4) is 0 Å². The maximum atomic E-state index is 12.6. The van der Waals surface area contributed by atoms with Gasteiger partial charge < -0.3 is 24.6 Å². The highest BCUT2D eigenvalue weighted by Crippen LogP contribution is 2.43. The van der Waals surface area contributed by atoms with Crippen molar-refractivity contribution in [2.24, 2.45) is 0 Å². The minimum Gasteiger partial charge on any atom is -0.457 e. The van der Waals surface area contributed by atoms with Crippen LogP contribution in [-0.4, -0.2) is 66.3 Å². The number of phosphoric ester groups is 1. The normalized spacial score (nSPS) is 14.6. The summed E-state index contributed by atoms with van der Waals surface area (Å²) in [6.45, 7) is 3.36. The van der Waals surface area contributed by atoms with E-state index in [2.05, 4.69) is 74.6 Å². The molecular weight excluding hydrogens is 715 g/mol. The van der Waals surface area contributed by atoms with Gasteiger partial charge in [0.2, 0.25) is 0 Å². The number of hydrogen-bond acceptors (Lipinski definition) is 8. The topological polar surface area (TPSA) is 132 Å². The Balaban J connectivity index is 4.25. The molecule has 0 radical (unpaired) electrons. The molecule has 3 atom stereocenters. The van der Waals surface area contributed by atoms with Gasteiger partial charge in [-0.1, -0.05) is 171 Å². The lowest BCUT2D eigenvalue weighted by molar-refractivity contribution is -0.154. The molecule has 0 aromatic heterocycles. The van der Waals surface area contributed by atoms with Crippen LogP contribution >= 0.6 is 7.82 Å². The number of ether oxygens (including phenoxy) is 2. The van der Waals surface area contributed by atoms with Crippen LogP contribution in [0, 0.1) is 0 Å². The van der Waals surface area contributed by atoms with Crippen molar-refractivity contribution in [2.45, 2.75) is 187 Å². The van der Waals surface area contributed by atoms with Crippen molar-refractivity contribution in [3.63, 3.8) is 0 Å². The molecule has 55 heavy (non-hydrogen) atoms. The Labute approximate surface area is 336 Å². The summed E-state index contributed by atoms with van der Waals surface area (Å²) >= 11 is 0. The highest BCUT2D eigenvalue weighted by Gasteiger charge is 2.26. The van der Waals surface area contributed by atoms with Gasteiger partial charge in [-0.15, -0.1) is 0 Å². The summed E-state index contributed by atoms with van der Waals surface area (Å²) in [4.78, 5) is 22.6. The predicted octanol–water partition coefficient (Wildman–Crippen LogP) is 12.0. The van der Waals surface area contributed by atoms with Gasteiger partial charge in [0.1, 0.15) is 12.2 Å². The summed E-state index contributed by atoms with van der Waals surface area (Å²) in [5.74, 6) is -0.413. The van der Waals surface area contributed by atoms with Crippen LogP contribution in [0.15, 0.2) is 60.8 Å². The van der Waals surface area contributed by atoms with Crippen molar-refractivity contribution in [3.05, 3.63) is 60.8 Å². The first-order chi connectivity index (χ1) is 26.8. The summed E-state index contributed by atoms with van der Waals surface area (Å²) in [5, 5.41) is 18.3. The third kappa shape index (κ3) is 41.6. The molecule has 0 saturated carbocycles. The highest BCUT2D eigenvalue weighted by molar-refractivity contribution is 7.47. The number of carbonyl (C=O) groups is 1. The molecular formula is C45H81O9P. The predicted molar refractivity (Wildman–Crippen MR) is 228 cm³/mol. The average molecular weight is 797 g/mol. The number of aliphatic hydroxyl groups excluding tert-OH is 2. The van der Waals surface area contributed by atoms with E-state index in [1.807, 2.05) is 0 Å². The molecule has 0 fully saturated rings. The van der Waals surface area contributed by atoms with Crippen LogP contribution in [0.25, 0.3) is 0 Å². The summed E-state index contributed by atoms with van der Waals surface area (Å²) in [5.41, 5.74) is 0. The zero-order valence-electron chi connectivity index (χ0n) is 34.9. The maximum absolute atomic E-state index is 12.6. The molecule has 10 heteroatoms. The van der Waals surface area contributed by atoms with E-state index in [0.717, 1.165) is 70.6 Å². The van der Waals surface area contributed by atoms with Crippen molar-refractivity contribution in [1.82, 2.24) is 0 Å². The Morgan fingerprint density at radius 3 is 1.55 bits per heavy atom. The van der Waals surface area contributed by atoms with Crippen molar-refractivity contribution in [1.29, 1.82) is 0 Å². The molecule has 0 saturated heterocycles. The number of unbranched alkanes of at least 4 members (excludes halogenated alkanes) is 17. The van der Waals surface area contributed by atoms with Crippen LogP contribution < -0.4 is 0 Å². The van der Waals surface area contributed by atoms with Gasteiger partial charge in [0, 0.05) is 13.0 Å². The molecule has 0 aliphatic heterocycles. The smallest absolute Gasteiger partial charge is 0.457 e. The number of rotatable bonds is 41. The molecule has 0 aliphatic carbocycles. The second kappa shape index (κ2) is 41.8. The molecule has 0 aliphatic rings. The molecule has 0 bridgehead atoms. The van der Waals surface area contributed by atoms with Gasteiger partial charge in [0.15, 0.2) is 0 Å². The standard InChI is InChI=1S/C45H81O9P/c1-3-5-7-9-11-13-15-17-19-20-21-22-23-25-27-29-31-33-35-37-45(48)54-44(42-53-55(49,50)52-40-43(47)39-46)41-51-38-36-34-32-30-28-26-24-18-16-14-12-10-8-6-4-2/h5,7,11,13,17,19,21-22,25,27,43-44,46-47H,3-4,6,8-10,12,14-16,18,20,23-24,26,28-42H2,1-2H3,(H,49,50)/b7-5-,13-11-,19-17-,22-21-,27-25-. The molecule has 0 spiro atoms. The van der Waals surface area contributed by atoms with Crippen LogP contribution in [0.2, 0.25) is 0 Å². The van der Waals surface area contributed by atoms with E-state index in [4.69, 9.17) is 23.6 Å². The van der Waals surface area contributed by atoms with Crippen molar-refractivity contribution in [2.75, 3.05) is 33.0 Å². The molecule has 0 heterocycles. The fourth-order valence-electron chi connectivity index (χ4n) is 5.68. The number of esters is 1. The Hall–Kier alpha value is -1.84. The summed E-state index contributed by atoms with van der Waals surface area (Å²) in [7, 11) is -4.53. The highest BCUT2D eigenvalue weighted by atomic mass is 31.2. The fourth-order valence-corrected chi connectivity index (χ4v) is 6.47. The monoisotopic (exact) mass is 797 g/mol. The zero-order valence-corrected chi connectivity index (χ0v) is 35.8. The van der Waals surface area contributed by atoms with E-state index in [9.17, 15) is 19.4 Å². The SMILES string of the molecule is CC/C=C\C/C=C\C/C=C\C/C=C\C/C=C\CCCCCC(=O)OC(COCCCCCCCCCCCCCCCCC)COP(=O)(O)OCC(O)CO. The third-order valence-corrected chi connectivity index (χ3v) is 9.92. The van der Waals surface area contributed by atoms with Crippen LogP contribution in [0.1, 0.15) is 174 Å². The number of allylic oxidation sites excluding steroid dienone is 10. The van der Waals surface area contributed by atoms with Crippen LogP contribution in [-0.2, 0) is 27.9 Å². The molecule has 9 nitrogen and oxygen atoms in total. The van der Waals surface area contributed by atoms with Gasteiger partial charge in [-0.25, -0.2) is 4.57 Å². The van der Waals surface area contributed by atoms with Gasteiger partial charge in [0.25, 0.3) is 0 Å². The fraction of sp³-hybridized carbons (Fsp3) is 0.756. The Morgan fingerprint density at radius 1 is 0.582 bits per heavy atom. The van der Waals surface area contributed by atoms with Crippen LogP contribution in [0.4, 0.5) is 0 Å². The Bertz CT molecular complexity index is 1040. The molecule has 0 aromatic rings. The van der Waals surface area contributed by atoms with Gasteiger partial charge in [-0.3, -0.25) is 13.8 Å². The molecule has 320 valence electrons. The molecule has 3 N–H and O–H groups in total. The van der Waals surface area contributed by atoms with Crippen molar-refractivity contribution >= 4 is 13.8 Å². The molecule has 0 amide bonds. The van der Waals surface area contributed by atoms with E-state index in [-0.39, 0.29) is 13.0 Å². The average Bonchev–Trinajstić information content (AvgIpc) is 3.18. The summed E-state index contributed by atoms with van der Waals surface area (Å²) in [6.07, 6.45) is 47.5. The number of aliphatic hydroxyl groups is 2. The summed E-state index contributed by atoms with van der Waals surface area (Å²) in [6, 6.07) is 0. The Morgan fingerprint density at radius 2 is 1.04 bits per heavy atom. The first-order valence-corrected chi connectivity index (χ1v) is 23.3. The quantitative estimate of drug-likeness (QED) is 0.0239. The lowest BCUT2D eigenvalue weighted by atomic mass is 10.0. The number of carbonyl (C=O) groups excluding carboxylic acids is 1. The minimum atomic E-state index is -4.53. The van der Waals surface area contributed by atoms with E-state index < -0.39 is 45.8 Å². The zero-order chi connectivity index (χ0) is 40.3. The largest absolute Gasteiger partial charge is 0.472 e. The maximum Gasteiger partial charge on any atom is 0.472 e. The third-order valence-electron chi connectivity index (χ3n) is 8.97. The van der Waals surface area contributed by atoms with E-state index in [1.165, 1.54) is 77.0 Å². The van der Waals surface area contributed by atoms with Crippen LogP contribution in [0.5, 0.6) is 0 Å². The number of hydrogen-bond donors (Lipinski definition) is 3.